The maximum Gasteiger partial charge on any atom is 0.337 e. The molecule has 0 atom stereocenters. The highest BCUT2D eigenvalue weighted by atomic mass is 35.5. The number of nitrogens with zero attached hydrogens (tertiary/aromatic N) is 2. The number of hydrogen-bond acceptors (Lipinski definition) is 5. The molecule has 28 heavy (non-hydrogen) atoms. The van der Waals surface area contributed by atoms with E-state index in [1.165, 1.54) is 12.1 Å². The number of aromatic amines is 1. The van der Waals surface area contributed by atoms with Crippen molar-refractivity contribution >= 4 is 23.4 Å². The Bertz CT molecular complexity index is 1250. The second-order valence-electron chi connectivity index (χ2n) is 5.79. The molecule has 0 saturated heterocycles. The maximum atomic E-state index is 12.0. The molecule has 0 spiro atoms. The van der Waals surface area contributed by atoms with Gasteiger partial charge in [-0.2, -0.15) is 10.5 Å². The topological polar surface area (TPSA) is 144 Å². The fourth-order valence-electron chi connectivity index (χ4n) is 2.83. The number of anilines is 1. The van der Waals surface area contributed by atoms with Gasteiger partial charge in [0.15, 0.2) is 0 Å². The molecule has 1 heterocycles. The minimum absolute atomic E-state index is 0.00153. The fraction of sp³-hybridized carbons (Fsp3) is 0. The summed E-state index contributed by atoms with van der Waals surface area (Å²) >= 11 is 6.01. The molecule has 0 saturated carbocycles. The highest BCUT2D eigenvalue weighted by Crippen LogP contribution is 2.31. The number of pyridine rings is 1. The maximum absolute atomic E-state index is 12.0. The van der Waals surface area contributed by atoms with Crippen molar-refractivity contribution in [2.24, 2.45) is 0 Å². The minimum atomic E-state index is -1.12. The normalized spacial score (nSPS) is 10.1. The van der Waals surface area contributed by atoms with Crippen LogP contribution in [0.2, 0.25) is 5.02 Å². The van der Waals surface area contributed by atoms with Crippen LogP contribution in [0.25, 0.3) is 22.3 Å². The van der Waals surface area contributed by atoms with Crippen molar-refractivity contribution in [3.63, 3.8) is 0 Å². The Balaban J connectivity index is 2.12. The van der Waals surface area contributed by atoms with Crippen LogP contribution in [0.5, 0.6) is 0 Å². The molecule has 8 heteroatoms. The van der Waals surface area contributed by atoms with Crippen LogP contribution >= 0.6 is 11.6 Å². The largest absolute Gasteiger partial charge is 0.478 e. The van der Waals surface area contributed by atoms with Gasteiger partial charge in [-0.15, -0.1) is 0 Å². The number of nitrogens with two attached hydrogens (primary N) is 1. The minimum Gasteiger partial charge on any atom is -0.478 e. The number of H-pyrrole nitrogens is 1. The van der Waals surface area contributed by atoms with Crippen molar-refractivity contribution in [3.05, 3.63) is 74.5 Å². The number of carboxylic acid groups (broad SMARTS) is 1. The average Bonchev–Trinajstić information content (AvgIpc) is 2.67. The van der Waals surface area contributed by atoms with Gasteiger partial charge in [-0.3, -0.25) is 4.79 Å². The van der Waals surface area contributed by atoms with Crippen molar-refractivity contribution in [2.45, 2.75) is 0 Å². The quantitative estimate of drug-likeness (QED) is 0.625. The number of nitriles is 2. The summed E-state index contributed by atoms with van der Waals surface area (Å²) in [6.07, 6.45) is 0. The van der Waals surface area contributed by atoms with Gasteiger partial charge in [-0.25, -0.2) is 4.79 Å². The van der Waals surface area contributed by atoms with E-state index >= 15 is 0 Å². The Morgan fingerprint density at radius 3 is 2.11 bits per heavy atom. The zero-order chi connectivity index (χ0) is 20.4. The van der Waals surface area contributed by atoms with Gasteiger partial charge in [0.25, 0.3) is 5.56 Å². The Kier molecular flexibility index (Phi) is 4.86. The molecule has 0 aliphatic heterocycles. The first kappa shape index (κ1) is 18.7. The van der Waals surface area contributed by atoms with Gasteiger partial charge in [-0.1, -0.05) is 41.9 Å². The molecule has 4 N–H and O–H groups in total. The Morgan fingerprint density at radius 1 is 1.00 bits per heavy atom. The van der Waals surface area contributed by atoms with Crippen molar-refractivity contribution in [1.29, 1.82) is 10.5 Å². The molecule has 7 nitrogen and oxygen atoms in total. The van der Waals surface area contributed by atoms with Gasteiger partial charge in [0.05, 0.1) is 10.6 Å². The molecule has 0 fully saturated rings. The number of halogens is 1. The van der Waals surface area contributed by atoms with Gasteiger partial charge in [0.2, 0.25) is 0 Å². The Hall–Kier alpha value is -4.07. The number of rotatable bonds is 3. The standard InChI is InChI=1S/C20H11ClN4O3/c21-16-7-12(5-6-13(16)20(27)28)10-1-3-11(4-2-10)17-14(8-22)18(24)25-19(26)15(17)9-23/h1-7H,(H,27,28)(H3,24,25,26). The van der Waals surface area contributed by atoms with E-state index in [1.54, 1.807) is 30.3 Å². The SMILES string of the molecule is N#Cc1c(N)[nH]c(=O)c(C#N)c1-c1ccc(-c2ccc(C(=O)O)c(Cl)c2)cc1. The summed E-state index contributed by atoms with van der Waals surface area (Å²) in [5.74, 6) is -1.23. The van der Waals surface area contributed by atoms with E-state index in [2.05, 4.69) is 4.98 Å². The van der Waals surface area contributed by atoms with Crippen LogP contribution in [-0.4, -0.2) is 16.1 Å². The number of benzene rings is 2. The fourth-order valence-corrected chi connectivity index (χ4v) is 3.09. The first-order valence-corrected chi connectivity index (χ1v) is 8.24. The van der Waals surface area contributed by atoms with Crippen LogP contribution in [0.15, 0.2) is 47.3 Å². The third kappa shape index (κ3) is 3.18. The Morgan fingerprint density at radius 2 is 1.57 bits per heavy atom. The lowest BCUT2D eigenvalue weighted by atomic mass is 9.94. The van der Waals surface area contributed by atoms with E-state index in [9.17, 15) is 20.1 Å². The molecule has 0 aliphatic rings. The van der Waals surface area contributed by atoms with E-state index in [-0.39, 0.29) is 33.1 Å². The highest BCUT2D eigenvalue weighted by molar-refractivity contribution is 6.33. The molecule has 0 amide bonds. The van der Waals surface area contributed by atoms with E-state index in [1.807, 2.05) is 12.1 Å². The number of hydrogen-bond donors (Lipinski definition) is 3. The van der Waals surface area contributed by atoms with Gasteiger partial charge >= 0.3 is 5.97 Å². The summed E-state index contributed by atoms with van der Waals surface area (Å²) in [4.78, 5) is 25.4. The molecule has 0 aliphatic carbocycles. The van der Waals surface area contributed by atoms with Gasteiger partial charge in [0, 0.05) is 5.56 Å². The zero-order valence-corrected chi connectivity index (χ0v) is 14.9. The average molecular weight is 391 g/mol. The molecule has 0 unspecified atom stereocenters. The lowest BCUT2D eigenvalue weighted by Crippen LogP contribution is -2.16. The Labute approximate surface area is 163 Å². The van der Waals surface area contributed by atoms with Crippen LogP contribution in [-0.2, 0) is 0 Å². The molecule has 0 radical (unpaired) electrons. The summed E-state index contributed by atoms with van der Waals surface area (Å²) in [6, 6.07) is 15.0. The molecular formula is C20H11ClN4O3. The summed E-state index contributed by atoms with van der Waals surface area (Å²) in [7, 11) is 0. The number of aromatic nitrogens is 1. The van der Waals surface area contributed by atoms with Crippen LogP contribution in [0.4, 0.5) is 5.82 Å². The summed E-state index contributed by atoms with van der Waals surface area (Å²) in [6.45, 7) is 0. The van der Waals surface area contributed by atoms with Crippen molar-refractivity contribution in [3.8, 4) is 34.4 Å². The predicted molar refractivity (Wildman–Crippen MR) is 104 cm³/mol. The second kappa shape index (κ2) is 7.28. The molecule has 0 bridgehead atoms. The smallest absolute Gasteiger partial charge is 0.337 e. The van der Waals surface area contributed by atoms with Gasteiger partial charge in [-0.05, 0) is 28.8 Å². The van der Waals surface area contributed by atoms with Crippen molar-refractivity contribution in [2.75, 3.05) is 5.73 Å². The number of nitrogens with one attached hydrogen (secondary N) is 1. The van der Waals surface area contributed by atoms with E-state index in [0.29, 0.717) is 11.1 Å². The number of aromatic carboxylic acids is 1. The molecule has 3 aromatic rings. The highest BCUT2D eigenvalue weighted by Gasteiger charge is 2.18. The third-order valence-electron chi connectivity index (χ3n) is 4.17. The van der Waals surface area contributed by atoms with Crippen molar-refractivity contribution in [1.82, 2.24) is 4.98 Å². The van der Waals surface area contributed by atoms with Crippen LogP contribution in [0.1, 0.15) is 21.5 Å². The first-order valence-electron chi connectivity index (χ1n) is 7.87. The predicted octanol–water partition coefficient (Wildman–Crippen LogP) is 3.39. The lowest BCUT2D eigenvalue weighted by molar-refractivity contribution is 0.0697. The lowest BCUT2D eigenvalue weighted by Gasteiger charge is -2.10. The molecular weight excluding hydrogens is 380 g/mol. The van der Waals surface area contributed by atoms with Crippen molar-refractivity contribution < 1.29 is 9.90 Å². The summed E-state index contributed by atoms with van der Waals surface area (Å²) in [5, 5.41) is 27.9. The first-order chi connectivity index (χ1) is 13.4. The number of carbonyl (C=O) groups is 1. The third-order valence-corrected chi connectivity index (χ3v) is 4.49. The van der Waals surface area contributed by atoms with Crippen LogP contribution in [0, 0.1) is 22.7 Å². The molecule has 1 aromatic heterocycles. The van der Waals surface area contributed by atoms with Gasteiger partial charge < -0.3 is 15.8 Å². The number of carboxylic acids is 1. The molecule has 136 valence electrons. The molecule has 3 rings (SSSR count). The summed E-state index contributed by atoms with van der Waals surface area (Å²) < 4.78 is 0. The second-order valence-corrected chi connectivity index (χ2v) is 6.20. The van der Waals surface area contributed by atoms with Gasteiger partial charge in [0.1, 0.15) is 29.1 Å². The van der Waals surface area contributed by atoms with Crippen LogP contribution in [0.3, 0.4) is 0 Å². The summed E-state index contributed by atoms with van der Waals surface area (Å²) in [5.41, 5.74) is 6.92. The van der Waals surface area contributed by atoms with E-state index < -0.39 is 11.5 Å². The molecule has 2 aromatic carbocycles. The van der Waals surface area contributed by atoms with E-state index in [0.717, 1.165) is 5.56 Å². The monoisotopic (exact) mass is 390 g/mol. The van der Waals surface area contributed by atoms with E-state index in [4.69, 9.17) is 22.4 Å². The number of nitrogen functional groups attached to an aromatic ring is 1. The van der Waals surface area contributed by atoms with Crippen LogP contribution < -0.4 is 11.3 Å². The zero-order valence-electron chi connectivity index (χ0n) is 14.2.